The van der Waals surface area contributed by atoms with Crippen molar-refractivity contribution < 1.29 is 9.90 Å². The van der Waals surface area contributed by atoms with Gasteiger partial charge in [-0.15, -0.1) is 0 Å². The van der Waals surface area contributed by atoms with Crippen LogP contribution in [0.1, 0.15) is 25.7 Å². The van der Waals surface area contributed by atoms with Crippen LogP contribution in [0.4, 0.5) is 5.69 Å². The molecule has 1 aromatic heterocycles. The smallest absolute Gasteiger partial charge is 0.320 e. The van der Waals surface area contributed by atoms with Crippen LogP contribution < -0.4 is 16.0 Å². The highest BCUT2D eigenvalue weighted by Gasteiger charge is 2.19. The summed E-state index contributed by atoms with van der Waals surface area (Å²) in [5, 5.41) is 12.2. The summed E-state index contributed by atoms with van der Waals surface area (Å²) in [6.07, 6.45) is 7.19. The second-order valence-electron chi connectivity index (χ2n) is 5.51. The Bertz CT molecular complexity index is 433. The largest absolute Gasteiger partial charge is 0.480 e. The van der Waals surface area contributed by atoms with Gasteiger partial charge in [-0.25, -0.2) is 0 Å². The van der Waals surface area contributed by atoms with Crippen molar-refractivity contribution in [3.8, 4) is 0 Å². The molecule has 21 heavy (non-hydrogen) atoms. The van der Waals surface area contributed by atoms with Crippen LogP contribution in [0.25, 0.3) is 0 Å². The van der Waals surface area contributed by atoms with Gasteiger partial charge in [-0.1, -0.05) is 0 Å². The third kappa shape index (κ3) is 4.99. The number of nitrogens with one attached hydrogen (secondary N) is 1. The summed E-state index contributed by atoms with van der Waals surface area (Å²) in [5.41, 5.74) is 6.71. The molecule has 0 unspecified atom stereocenters. The number of nitrogens with zero attached hydrogens (tertiary/aromatic N) is 2. The quantitative estimate of drug-likeness (QED) is 0.645. The molecule has 6 heteroatoms. The van der Waals surface area contributed by atoms with E-state index < -0.39 is 12.0 Å². The summed E-state index contributed by atoms with van der Waals surface area (Å²) in [6, 6.07) is 3.87. The fourth-order valence-electron chi connectivity index (χ4n) is 2.65. The zero-order valence-electron chi connectivity index (χ0n) is 12.2. The van der Waals surface area contributed by atoms with E-state index in [0.717, 1.165) is 38.9 Å². The van der Waals surface area contributed by atoms with Gasteiger partial charge in [0.05, 0.1) is 0 Å². The van der Waals surface area contributed by atoms with Gasteiger partial charge in [0.25, 0.3) is 0 Å². The second-order valence-corrected chi connectivity index (χ2v) is 5.51. The van der Waals surface area contributed by atoms with Gasteiger partial charge >= 0.3 is 5.97 Å². The number of rotatable bonds is 7. The molecule has 116 valence electrons. The molecule has 0 bridgehead atoms. The van der Waals surface area contributed by atoms with Crippen LogP contribution in [-0.2, 0) is 4.79 Å². The standard InChI is InChI=1S/C15H24N4O2/c16-14(15(20)21)2-1-7-18-12-5-10-19(11-6-12)13-3-8-17-9-4-13/h3-4,8-9,12,14,18H,1-2,5-7,10-11,16H2,(H,20,21)/t14-/m0/s1. The highest BCUT2D eigenvalue weighted by Crippen LogP contribution is 2.18. The summed E-state index contributed by atoms with van der Waals surface area (Å²) in [6.45, 7) is 2.91. The highest BCUT2D eigenvalue weighted by atomic mass is 16.4. The van der Waals surface area contributed by atoms with Crippen LogP contribution in [0.5, 0.6) is 0 Å². The van der Waals surface area contributed by atoms with Crippen LogP contribution in [0.3, 0.4) is 0 Å². The Labute approximate surface area is 125 Å². The summed E-state index contributed by atoms with van der Waals surface area (Å²) >= 11 is 0. The second kappa shape index (κ2) is 7.95. The Morgan fingerprint density at radius 3 is 2.71 bits per heavy atom. The lowest BCUT2D eigenvalue weighted by molar-refractivity contribution is -0.138. The first-order valence-electron chi connectivity index (χ1n) is 7.53. The molecule has 1 aliphatic rings. The number of hydrogen-bond donors (Lipinski definition) is 3. The van der Waals surface area contributed by atoms with Gasteiger partial charge in [0.2, 0.25) is 0 Å². The number of carboxylic acid groups (broad SMARTS) is 1. The number of carbonyl (C=O) groups is 1. The summed E-state index contributed by atoms with van der Waals surface area (Å²) < 4.78 is 0. The van der Waals surface area contributed by atoms with E-state index in [1.807, 2.05) is 24.5 Å². The average Bonchev–Trinajstić information content (AvgIpc) is 2.52. The van der Waals surface area contributed by atoms with Gasteiger partial charge < -0.3 is 21.1 Å². The molecule has 0 aromatic carbocycles. The van der Waals surface area contributed by atoms with Crippen molar-refractivity contribution in [2.24, 2.45) is 5.73 Å². The van der Waals surface area contributed by atoms with Gasteiger partial charge in [-0.2, -0.15) is 0 Å². The molecule has 1 atom stereocenters. The van der Waals surface area contributed by atoms with E-state index in [2.05, 4.69) is 15.2 Å². The molecule has 2 heterocycles. The van der Waals surface area contributed by atoms with E-state index in [1.165, 1.54) is 5.69 Å². The van der Waals surface area contributed by atoms with E-state index in [0.29, 0.717) is 12.5 Å². The summed E-state index contributed by atoms with van der Waals surface area (Å²) in [4.78, 5) is 17.0. The molecule has 1 saturated heterocycles. The maximum Gasteiger partial charge on any atom is 0.320 e. The maximum atomic E-state index is 10.6. The van der Waals surface area contributed by atoms with E-state index in [-0.39, 0.29) is 0 Å². The van der Waals surface area contributed by atoms with Gasteiger partial charge in [0.1, 0.15) is 6.04 Å². The number of nitrogens with two attached hydrogens (primary N) is 1. The normalized spacial score (nSPS) is 17.7. The Hall–Kier alpha value is -1.66. The Balaban J connectivity index is 1.62. The molecule has 0 aliphatic carbocycles. The van der Waals surface area contributed by atoms with Crippen molar-refractivity contribution in [1.82, 2.24) is 10.3 Å². The number of pyridine rings is 1. The Kier molecular flexibility index (Phi) is 5.95. The van der Waals surface area contributed by atoms with Crippen molar-refractivity contribution in [1.29, 1.82) is 0 Å². The topological polar surface area (TPSA) is 91.5 Å². The first kappa shape index (κ1) is 15.7. The number of hydrogen-bond acceptors (Lipinski definition) is 5. The molecule has 1 aromatic rings. The van der Waals surface area contributed by atoms with Crippen LogP contribution in [-0.4, -0.2) is 47.8 Å². The van der Waals surface area contributed by atoms with E-state index in [1.54, 1.807) is 0 Å². The molecule has 4 N–H and O–H groups in total. The van der Waals surface area contributed by atoms with Gasteiger partial charge in [-0.3, -0.25) is 9.78 Å². The lowest BCUT2D eigenvalue weighted by atomic mass is 10.0. The molecule has 0 saturated carbocycles. The zero-order chi connectivity index (χ0) is 15.1. The third-order valence-corrected chi connectivity index (χ3v) is 3.96. The SMILES string of the molecule is N[C@@H](CCCNC1CCN(c2ccncc2)CC1)C(=O)O. The number of anilines is 1. The minimum Gasteiger partial charge on any atom is -0.480 e. The van der Waals surface area contributed by atoms with Crippen molar-refractivity contribution in [3.63, 3.8) is 0 Å². The predicted molar refractivity (Wildman–Crippen MR) is 82.3 cm³/mol. The number of aliphatic carboxylic acids is 1. The fraction of sp³-hybridized carbons (Fsp3) is 0.600. The molecule has 0 spiro atoms. The minimum absolute atomic E-state index is 0.518. The van der Waals surface area contributed by atoms with E-state index in [9.17, 15) is 4.79 Å². The van der Waals surface area contributed by atoms with Crippen LogP contribution in [0.2, 0.25) is 0 Å². The summed E-state index contributed by atoms with van der Waals surface area (Å²) in [7, 11) is 0. The van der Waals surface area contributed by atoms with E-state index in [4.69, 9.17) is 10.8 Å². The molecular formula is C15H24N4O2. The van der Waals surface area contributed by atoms with Crippen LogP contribution in [0.15, 0.2) is 24.5 Å². The first-order valence-corrected chi connectivity index (χ1v) is 7.53. The highest BCUT2D eigenvalue weighted by molar-refractivity contribution is 5.72. The molecular weight excluding hydrogens is 268 g/mol. The number of carboxylic acids is 1. The van der Waals surface area contributed by atoms with Crippen molar-refractivity contribution in [2.45, 2.75) is 37.8 Å². The molecule has 1 aliphatic heterocycles. The van der Waals surface area contributed by atoms with Crippen LogP contribution in [0, 0.1) is 0 Å². The fourth-order valence-corrected chi connectivity index (χ4v) is 2.65. The number of piperidine rings is 1. The minimum atomic E-state index is -0.916. The monoisotopic (exact) mass is 292 g/mol. The zero-order valence-corrected chi connectivity index (χ0v) is 12.2. The van der Waals surface area contributed by atoms with Gasteiger partial charge in [-0.05, 0) is 44.4 Å². The molecule has 0 amide bonds. The maximum absolute atomic E-state index is 10.6. The van der Waals surface area contributed by atoms with Crippen LogP contribution >= 0.6 is 0 Å². The van der Waals surface area contributed by atoms with E-state index >= 15 is 0 Å². The lowest BCUT2D eigenvalue weighted by Crippen LogP contribution is -2.43. The van der Waals surface area contributed by atoms with Crippen molar-refractivity contribution in [3.05, 3.63) is 24.5 Å². The predicted octanol–water partition coefficient (Wildman–Crippen LogP) is 0.832. The van der Waals surface area contributed by atoms with Gasteiger partial charge in [0.15, 0.2) is 0 Å². The first-order chi connectivity index (χ1) is 10.2. The van der Waals surface area contributed by atoms with Gasteiger partial charge in [0, 0.05) is 37.2 Å². The van der Waals surface area contributed by atoms with Crippen molar-refractivity contribution in [2.75, 3.05) is 24.5 Å². The molecule has 0 radical (unpaired) electrons. The Morgan fingerprint density at radius 2 is 2.10 bits per heavy atom. The lowest BCUT2D eigenvalue weighted by Gasteiger charge is -2.34. The summed E-state index contributed by atoms with van der Waals surface area (Å²) in [5.74, 6) is -0.916. The molecule has 6 nitrogen and oxygen atoms in total. The molecule has 1 fully saturated rings. The average molecular weight is 292 g/mol. The number of aromatic nitrogens is 1. The molecule has 2 rings (SSSR count). The third-order valence-electron chi connectivity index (χ3n) is 3.96. The Morgan fingerprint density at radius 1 is 1.43 bits per heavy atom. The van der Waals surface area contributed by atoms with Crippen molar-refractivity contribution >= 4 is 11.7 Å².